The van der Waals surface area contributed by atoms with Gasteiger partial charge in [-0.2, -0.15) is 0 Å². The van der Waals surface area contributed by atoms with E-state index in [0.29, 0.717) is 21.7 Å². The van der Waals surface area contributed by atoms with Gasteiger partial charge in [-0.1, -0.05) is 17.7 Å². The highest BCUT2D eigenvalue weighted by Crippen LogP contribution is 2.35. The molecule has 2 rings (SSSR count). The van der Waals surface area contributed by atoms with Crippen molar-refractivity contribution in [2.75, 3.05) is 17.2 Å². The lowest BCUT2D eigenvalue weighted by molar-refractivity contribution is -0.383. The second kappa shape index (κ2) is 6.68. The predicted octanol–water partition coefficient (Wildman–Crippen LogP) is 3.98. The van der Waals surface area contributed by atoms with Crippen molar-refractivity contribution in [2.24, 2.45) is 0 Å². The monoisotopic (exact) mass is 371 g/mol. The molecule has 1 aromatic heterocycles. The molecule has 0 aliphatic heterocycles. The van der Waals surface area contributed by atoms with E-state index < -0.39 is 4.92 Å². The van der Waals surface area contributed by atoms with Gasteiger partial charge in [0.2, 0.25) is 11.6 Å². The molecule has 0 unspecified atom stereocenters. The molecule has 21 heavy (non-hydrogen) atoms. The number of hydrogen-bond acceptors (Lipinski definition) is 6. The summed E-state index contributed by atoms with van der Waals surface area (Å²) >= 11 is 9.32. The van der Waals surface area contributed by atoms with Crippen LogP contribution in [0.2, 0.25) is 5.02 Å². The quantitative estimate of drug-likeness (QED) is 0.609. The fourth-order valence-corrected chi connectivity index (χ4v) is 2.21. The van der Waals surface area contributed by atoms with Crippen molar-refractivity contribution in [2.45, 2.75) is 6.92 Å². The van der Waals surface area contributed by atoms with E-state index in [1.165, 1.54) is 6.33 Å². The van der Waals surface area contributed by atoms with Gasteiger partial charge in [-0.15, -0.1) is 0 Å². The summed E-state index contributed by atoms with van der Waals surface area (Å²) in [6, 6.07) is 5.16. The van der Waals surface area contributed by atoms with Crippen LogP contribution in [0.3, 0.4) is 0 Å². The number of nitrogens with one attached hydrogen (secondary N) is 2. The minimum Gasteiger partial charge on any atom is -0.364 e. The molecule has 0 spiro atoms. The summed E-state index contributed by atoms with van der Waals surface area (Å²) in [7, 11) is 0. The molecule has 0 saturated carbocycles. The van der Waals surface area contributed by atoms with Gasteiger partial charge in [-0.3, -0.25) is 10.1 Å². The number of nitrogens with zero attached hydrogens (tertiary/aromatic N) is 3. The van der Waals surface area contributed by atoms with E-state index >= 15 is 0 Å². The molecule has 1 aromatic carbocycles. The minimum atomic E-state index is -0.529. The molecule has 110 valence electrons. The molecule has 2 aromatic rings. The van der Waals surface area contributed by atoms with Gasteiger partial charge in [0.1, 0.15) is 6.33 Å². The Bertz CT molecular complexity index is 683. The number of benzene rings is 1. The third kappa shape index (κ3) is 3.40. The number of nitro groups is 1. The van der Waals surface area contributed by atoms with Crippen molar-refractivity contribution in [1.29, 1.82) is 0 Å². The third-order valence-electron chi connectivity index (χ3n) is 2.55. The van der Waals surface area contributed by atoms with E-state index in [-0.39, 0.29) is 17.3 Å². The van der Waals surface area contributed by atoms with Crippen molar-refractivity contribution in [3.63, 3.8) is 0 Å². The average Bonchev–Trinajstić information content (AvgIpc) is 2.44. The summed E-state index contributed by atoms with van der Waals surface area (Å²) < 4.78 is 0.601. The zero-order valence-corrected chi connectivity index (χ0v) is 13.3. The van der Waals surface area contributed by atoms with Crippen molar-refractivity contribution in [3.8, 4) is 0 Å². The van der Waals surface area contributed by atoms with Crippen LogP contribution in [-0.2, 0) is 0 Å². The van der Waals surface area contributed by atoms with Crippen LogP contribution in [0, 0.1) is 10.1 Å². The molecule has 7 nitrogen and oxygen atoms in total. The number of anilines is 3. The van der Waals surface area contributed by atoms with Crippen LogP contribution < -0.4 is 10.6 Å². The van der Waals surface area contributed by atoms with Gasteiger partial charge >= 0.3 is 5.69 Å². The fraction of sp³-hybridized carbons (Fsp3) is 0.167. The van der Waals surface area contributed by atoms with E-state index in [1.807, 2.05) is 6.92 Å². The van der Waals surface area contributed by atoms with Gasteiger partial charge in [0.05, 0.1) is 20.1 Å². The lowest BCUT2D eigenvalue weighted by Crippen LogP contribution is -2.07. The Morgan fingerprint density at radius 3 is 2.76 bits per heavy atom. The molecule has 9 heteroatoms. The molecule has 0 atom stereocenters. The van der Waals surface area contributed by atoms with E-state index in [9.17, 15) is 10.1 Å². The third-order valence-corrected chi connectivity index (χ3v) is 3.95. The summed E-state index contributed by atoms with van der Waals surface area (Å²) in [5.74, 6) is 0.257. The smallest absolute Gasteiger partial charge is 0.353 e. The summed E-state index contributed by atoms with van der Waals surface area (Å²) in [5, 5.41) is 17.5. The predicted molar refractivity (Wildman–Crippen MR) is 85.3 cm³/mol. The Morgan fingerprint density at radius 1 is 1.38 bits per heavy atom. The van der Waals surface area contributed by atoms with Crippen LogP contribution in [0.5, 0.6) is 0 Å². The zero-order valence-electron chi connectivity index (χ0n) is 10.9. The largest absolute Gasteiger partial charge is 0.364 e. The summed E-state index contributed by atoms with van der Waals surface area (Å²) in [6.07, 6.45) is 1.26. The van der Waals surface area contributed by atoms with Gasteiger partial charge in [-0.25, -0.2) is 9.97 Å². The number of halogens is 2. The highest BCUT2D eigenvalue weighted by molar-refractivity contribution is 9.10. The molecule has 0 aliphatic carbocycles. The number of hydrogen-bond donors (Lipinski definition) is 2. The Hall–Kier alpha value is -1.93. The van der Waals surface area contributed by atoms with Crippen LogP contribution in [0.15, 0.2) is 29.0 Å². The van der Waals surface area contributed by atoms with Crippen molar-refractivity contribution in [1.82, 2.24) is 9.97 Å². The van der Waals surface area contributed by atoms with Gasteiger partial charge in [0.25, 0.3) is 0 Å². The highest BCUT2D eigenvalue weighted by Gasteiger charge is 2.23. The fourth-order valence-electron chi connectivity index (χ4n) is 1.67. The molecule has 0 aliphatic rings. The number of rotatable bonds is 5. The van der Waals surface area contributed by atoms with Gasteiger partial charge < -0.3 is 10.6 Å². The summed E-state index contributed by atoms with van der Waals surface area (Å²) in [4.78, 5) is 18.6. The normalized spacial score (nSPS) is 10.2. The van der Waals surface area contributed by atoms with Crippen LogP contribution in [0.4, 0.5) is 23.0 Å². The minimum absolute atomic E-state index is 0.0916. The molecule has 0 bridgehead atoms. The van der Waals surface area contributed by atoms with Gasteiger partial charge in [0, 0.05) is 6.54 Å². The van der Waals surface area contributed by atoms with E-state index in [1.54, 1.807) is 18.2 Å². The standard InChI is InChI=1S/C12H11BrClN5O2/c1-2-15-11-10(19(20)21)12(17-6-16-11)18-8-5-3-4-7(14)9(8)13/h3-6H,2H2,1H3,(H2,15,16,17,18). The molecule has 0 fully saturated rings. The van der Waals surface area contributed by atoms with Crippen LogP contribution in [-0.4, -0.2) is 21.4 Å². The van der Waals surface area contributed by atoms with E-state index in [2.05, 4.69) is 36.5 Å². The Morgan fingerprint density at radius 2 is 2.10 bits per heavy atom. The Kier molecular flexibility index (Phi) is 4.92. The van der Waals surface area contributed by atoms with Crippen molar-refractivity contribution in [3.05, 3.63) is 44.1 Å². The van der Waals surface area contributed by atoms with Crippen molar-refractivity contribution >= 4 is 50.5 Å². The number of aromatic nitrogens is 2. The topological polar surface area (TPSA) is 93.0 Å². The van der Waals surface area contributed by atoms with Gasteiger partial charge in [-0.05, 0) is 35.0 Å². The lowest BCUT2D eigenvalue weighted by atomic mass is 10.3. The second-order valence-corrected chi connectivity index (χ2v) is 5.13. The second-order valence-electron chi connectivity index (χ2n) is 3.93. The first-order valence-corrected chi connectivity index (χ1v) is 7.16. The first kappa shape index (κ1) is 15.5. The maximum Gasteiger partial charge on any atom is 0.353 e. The highest BCUT2D eigenvalue weighted by atomic mass is 79.9. The molecule has 2 N–H and O–H groups in total. The van der Waals surface area contributed by atoms with Crippen LogP contribution in [0.25, 0.3) is 0 Å². The SMILES string of the molecule is CCNc1ncnc(Nc2cccc(Cl)c2Br)c1[N+](=O)[O-]. The lowest BCUT2D eigenvalue weighted by Gasteiger charge is -2.10. The average molecular weight is 373 g/mol. The Labute approximate surface area is 134 Å². The summed E-state index contributed by atoms with van der Waals surface area (Å²) in [6.45, 7) is 2.34. The maximum atomic E-state index is 11.3. The van der Waals surface area contributed by atoms with E-state index in [4.69, 9.17) is 11.6 Å². The van der Waals surface area contributed by atoms with E-state index in [0.717, 1.165) is 0 Å². The first-order valence-electron chi connectivity index (χ1n) is 5.99. The maximum absolute atomic E-state index is 11.3. The molecular formula is C12H11BrClN5O2. The Balaban J connectivity index is 2.46. The van der Waals surface area contributed by atoms with Crippen molar-refractivity contribution < 1.29 is 4.92 Å². The molecule has 0 amide bonds. The molecule has 0 radical (unpaired) electrons. The molecule has 1 heterocycles. The van der Waals surface area contributed by atoms with Gasteiger partial charge in [0.15, 0.2) is 0 Å². The van der Waals surface area contributed by atoms with Crippen LogP contribution >= 0.6 is 27.5 Å². The molecule has 0 saturated heterocycles. The molecular weight excluding hydrogens is 362 g/mol. The van der Waals surface area contributed by atoms with Crippen LogP contribution in [0.1, 0.15) is 6.92 Å². The zero-order chi connectivity index (χ0) is 15.4. The summed E-state index contributed by atoms with van der Waals surface area (Å²) in [5.41, 5.74) is 0.359. The first-order chi connectivity index (χ1) is 10.0.